The van der Waals surface area contributed by atoms with Crippen LogP contribution in [-0.4, -0.2) is 14.8 Å². The van der Waals surface area contributed by atoms with Crippen LogP contribution in [0.2, 0.25) is 5.02 Å². The minimum Gasteiger partial charge on any atom is -0.309 e. The van der Waals surface area contributed by atoms with Crippen molar-refractivity contribution in [3.8, 4) is 0 Å². The molecule has 1 aliphatic carbocycles. The largest absolute Gasteiger partial charge is 0.309 e. The Balaban J connectivity index is 1.43. The fourth-order valence-corrected chi connectivity index (χ4v) is 4.05. The number of hydrogen-bond donors (Lipinski definition) is 0. The molecular formula is C19H18ClN3S. The van der Waals surface area contributed by atoms with Gasteiger partial charge in [-0.15, -0.1) is 10.2 Å². The highest BCUT2D eigenvalue weighted by Gasteiger charge is 2.42. The van der Waals surface area contributed by atoms with Crippen molar-refractivity contribution in [3.63, 3.8) is 0 Å². The minimum atomic E-state index is 0.495. The van der Waals surface area contributed by atoms with E-state index in [2.05, 4.69) is 64.3 Å². The van der Waals surface area contributed by atoms with Crippen molar-refractivity contribution >= 4 is 23.4 Å². The molecule has 2 unspecified atom stereocenters. The Hall–Kier alpha value is -1.78. The molecule has 1 saturated carbocycles. The van der Waals surface area contributed by atoms with Crippen LogP contribution < -0.4 is 0 Å². The van der Waals surface area contributed by atoms with E-state index in [1.54, 1.807) is 11.8 Å². The summed E-state index contributed by atoms with van der Waals surface area (Å²) >= 11 is 7.65. The number of benzene rings is 2. The third-order valence-electron chi connectivity index (χ3n) is 4.50. The van der Waals surface area contributed by atoms with Gasteiger partial charge in [-0.2, -0.15) is 0 Å². The van der Waals surface area contributed by atoms with E-state index in [1.807, 2.05) is 12.1 Å². The standard InChI is InChI=1S/C19H18ClN3S/c1-23-18(17-11-16(17)14-5-3-2-4-6-14)21-22-19(23)24-12-13-7-9-15(20)10-8-13/h2-10,16-17H,11-12H2,1H3. The van der Waals surface area contributed by atoms with Gasteiger partial charge in [0.25, 0.3) is 0 Å². The Kier molecular flexibility index (Phi) is 4.33. The summed E-state index contributed by atoms with van der Waals surface area (Å²) in [4.78, 5) is 0. The Bertz CT molecular complexity index is 830. The predicted octanol–water partition coefficient (Wildman–Crippen LogP) is 5.03. The average Bonchev–Trinajstić information content (AvgIpc) is 3.32. The zero-order valence-corrected chi connectivity index (χ0v) is 15.0. The number of nitrogens with zero attached hydrogens (tertiary/aromatic N) is 3. The molecule has 1 aromatic heterocycles. The van der Waals surface area contributed by atoms with Gasteiger partial charge in [0, 0.05) is 23.7 Å². The van der Waals surface area contributed by atoms with Crippen molar-refractivity contribution < 1.29 is 0 Å². The number of aromatic nitrogens is 3. The van der Waals surface area contributed by atoms with E-state index in [0.29, 0.717) is 11.8 Å². The molecule has 122 valence electrons. The Labute approximate surface area is 151 Å². The maximum absolute atomic E-state index is 5.93. The Morgan fingerprint density at radius 3 is 2.54 bits per heavy atom. The highest BCUT2D eigenvalue weighted by Crippen LogP contribution is 2.54. The van der Waals surface area contributed by atoms with Crippen LogP contribution in [-0.2, 0) is 12.8 Å². The number of thioether (sulfide) groups is 1. The van der Waals surface area contributed by atoms with E-state index in [1.165, 1.54) is 11.1 Å². The van der Waals surface area contributed by atoms with Crippen LogP contribution in [0, 0.1) is 0 Å². The molecule has 0 saturated heterocycles. The first-order chi connectivity index (χ1) is 11.7. The van der Waals surface area contributed by atoms with Gasteiger partial charge in [0.05, 0.1) is 0 Å². The van der Waals surface area contributed by atoms with Gasteiger partial charge in [-0.3, -0.25) is 0 Å². The van der Waals surface area contributed by atoms with E-state index < -0.39 is 0 Å². The number of halogens is 1. The second kappa shape index (κ2) is 6.61. The number of hydrogen-bond acceptors (Lipinski definition) is 3. The molecule has 0 bridgehead atoms. The molecule has 0 amide bonds. The van der Waals surface area contributed by atoms with Crippen molar-refractivity contribution in [2.24, 2.45) is 7.05 Å². The maximum atomic E-state index is 5.93. The first kappa shape index (κ1) is 15.7. The molecule has 0 radical (unpaired) electrons. The van der Waals surface area contributed by atoms with Gasteiger partial charge in [0.15, 0.2) is 5.16 Å². The lowest BCUT2D eigenvalue weighted by atomic mass is 10.1. The monoisotopic (exact) mass is 355 g/mol. The van der Waals surface area contributed by atoms with E-state index in [-0.39, 0.29) is 0 Å². The fourth-order valence-electron chi connectivity index (χ4n) is 3.05. The normalized spacial score (nSPS) is 19.4. The molecule has 3 aromatic rings. The van der Waals surface area contributed by atoms with Crippen molar-refractivity contribution in [2.45, 2.75) is 29.2 Å². The summed E-state index contributed by atoms with van der Waals surface area (Å²) in [5.74, 6) is 3.05. The molecule has 1 fully saturated rings. The predicted molar refractivity (Wildman–Crippen MR) is 98.6 cm³/mol. The lowest BCUT2D eigenvalue weighted by Gasteiger charge is -2.04. The summed E-state index contributed by atoms with van der Waals surface area (Å²) in [7, 11) is 2.07. The lowest BCUT2D eigenvalue weighted by molar-refractivity contribution is 0.730. The minimum absolute atomic E-state index is 0.495. The summed E-state index contributed by atoms with van der Waals surface area (Å²) in [5, 5.41) is 10.6. The van der Waals surface area contributed by atoms with Crippen LogP contribution in [0.4, 0.5) is 0 Å². The van der Waals surface area contributed by atoms with Crippen LogP contribution in [0.25, 0.3) is 0 Å². The van der Waals surface area contributed by atoms with Gasteiger partial charge in [0.1, 0.15) is 5.82 Å². The molecule has 2 aromatic carbocycles. The van der Waals surface area contributed by atoms with Crippen molar-refractivity contribution in [3.05, 3.63) is 76.6 Å². The van der Waals surface area contributed by atoms with E-state index in [0.717, 1.165) is 28.2 Å². The van der Waals surface area contributed by atoms with Gasteiger partial charge < -0.3 is 4.57 Å². The van der Waals surface area contributed by atoms with Gasteiger partial charge in [0.2, 0.25) is 0 Å². The fraction of sp³-hybridized carbons (Fsp3) is 0.263. The zero-order chi connectivity index (χ0) is 16.5. The Morgan fingerprint density at radius 1 is 1.04 bits per heavy atom. The van der Waals surface area contributed by atoms with E-state index in [9.17, 15) is 0 Å². The smallest absolute Gasteiger partial charge is 0.191 e. The highest BCUT2D eigenvalue weighted by atomic mass is 35.5. The second-order valence-corrected chi connectivity index (χ2v) is 7.55. The molecule has 1 aliphatic rings. The molecular weight excluding hydrogens is 338 g/mol. The molecule has 5 heteroatoms. The van der Waals surface area contributed by atoms with Crippen LogP contribution in [0.3, 0.4) is 0 Å². The van der Waals surface area contributed by atoms with Crippen molar-refractivity contribution in [1.29, 1.82) is 0 Å². The van der Waals surface area contributed by atoms with Crippen LogP contribution >= 0.6 is 23.4 Å². The topological polar surface area (TPSA) is 30.7 Å². The quantitative estimate of drug-likeness (QED) is 0.601. The summed E-state index contributed by atoms with van der Waals surface area (Å²) in [5.41, 5.74) is 2.64. The summed E-state index contributed by atoms with van der Waals surface area (Å²) in [6, 6.07) is 18.6. The second-order valence-electron chi connectivity index (χ2n) is 6.17. The van der Waals surface area contributed by atoms with Gasteiger partial charge in [-0.05, 0) is 35.6 Å². The summed E-state index contributed by atoms with van der Waals surface area (Å²) in [6.45, 7) is 0. The third kappa shape index (κ3) is 3.21. The molecule has 1 heterocycles. The molecule has 2 atom stereocenters. The number of rotatable bonds is 5. The maximum Gasteiger partial charge on any atom is 0.191 e. The molecule has 0 aliphatic heterocycles. The SMILES string of the molecule is Cn1c(SCc2ccc(Cl)cc2)nnc1C1CC1c1ccccc1. The molecule has 24 heavy (non-hydrogen) atoms. The van der Waals surface area contributed by atoms with Gasteiger partial charge >= 0.3 is 0 Å². The zero-order valence-electron chi connectivity index (χ0n) is 13.4. The van der Waals surface area contributed by atoms with E-state index >= 15 is 0 Å². The van der Waals surface area contributed by atoms with Crippen LogP contribution in [0.1, 0.15) is 35.2 Å². The highest BCUT2D eigenvalue weighted by molar-refractivity contribution is 7.98. The first-order valence-electron chi connectivity index (χ1n) is 8.04. The van der Waals surface area contributed by atoms with Gasteiger partial charge in [-0.25, -0.2) is 0 Å². The Morgan fingerprint density at radius 2 is 1.79 bits per heavy atom. The molecule has 0 spiro atoms. The van der Waals surface area contributed by atoms with Gasteiger partial charge in [-0.1, -0.05) is 65.8 Å². The first-order valence-corrected chi connectivity index (χ1v) is 9.40. The van der Waals surface area contributed by atoms with E-state index in [4.69, 9.17) is 11.6 Å². The van der Waals surface area contributed by atoms with Crippen LogP contribution in [0.5, 0.6) is 0 Å². The van der Waals surface area contributed by atoms with Crippen LogP contribution in [0.15, 0.2) is 59.8 Å². The van der Waals surface area contributed by atoms with Crippen molar-refractivity contribution in [1.82, 2.24) is 14.8 Å². The van der Waals surface area contributed by atoms with Crippen molar-refractivity contribution in [2.75, 3.05) is 0 Å². The molecule has 0 N–H and O–H groups in total. The third-order valence-corrected chi connectivity index (χ3v) is 5.84. The average molecular weight is 356 g/mol. The molecule has 4 rings (SSSR count). The lowest BCUT2D eigenvalue weighted by Crippen LogP contribution is -1.98. The molecule has 3 nitrogen and oxygen atoms in total. The summed E-state index contributed by atoms with van der Waals surface area (Å²) < 4.78 is 2.15. The summed E-state index contributed by atoms with van der Waals surface area (Å²) in [6.07, 6.45) is 1.16.